The number of halogens is 4. The van der Waals surface area contributed by atoms with Crippen molar-refractivity contribution in [1.29, 1.82) is 0 Å². The minimum absolute atomic E-state index is 0.00156. The first-order valence-corrected chi connectivity index (χ1v) is 48.0. The molecule has 2 saturated heterocycles. The van der Waals surface area contributed by atoms with Crippen LogP contribution in [0.5, 0.6) is 0 Å². The summed E-state index contributed by atoms with van der Waals surface area (Å²) in [5.74, 6) is 0.525. The lowest BCUT2D eigenvalue weighted by Crippen LogP contribution is -2.55. The molecule has 0 radical (unpaired) electrons. The summed E-state index contributed by atoms with van der Waals surface area (Å²) in [6.45, 7) is 26.6. The quantitative estimate of drug-likeness (QED) is 0.0210. The van der Waals surface area contributed by atoms with Gasteiger partial charge in [-0.2, -0.15) is 0 Å². The average molecular weight is 1940 g/mol. The number of rotatable bonds is 27. The van der Waals surface area contributed by atoms with Crippen molar-refractivity contribution in [2.24, 2.45) is 59.0 Å². The Bertz CT molecular complexity index is 5070. The minimum Gasteiger partial charge on any atom is -0.504 e. The van der Waals surface area contributed by atoms with Gasteiger partial charge in [-0.1, -0.05) is 189 Å². The van der Waals surface area contributed by atoms with E-state index in [-0.39, 0.29) is 125 Å². The number of amides is 2. The summed E-state index contributed by atoms with van der Waals surface area (Å²) >= 11 is 24.1. The number of para-hydroxylation sites is 1. The predicted octanol–water partition coefficient (Wildman–Crippen LogP) is 17.1. The molecule has 3 aromatic rings. The number of carboxylic acids is 1. The molecule has 2 amide bonds. The highest BCUT2D eigenvalue weighted by Gasteiger charge is 2.63. The average Bonchev–Trinajstić information content (AvgIpc) is 1.53. The lowest BCUT2D eigenvalue weighted by atomic mass is 9.67. The highest BCUT2D eigenvalue weighted by Crippen LogP contribution is 2.56. The number of carbonyl (C=O) groups excluding carboxylic acids is 12. The number of piperidine rings is 1. The van der Waals surface area contributed by atoms with Crippen LogP contribution >= 0.6 is 46.4 Å². The van der Waals surface area contributed by atoms with Gasteiger partial charge in [0.2, 0.25) is 11.8 Å². The smallest absolute Gasteiger partial charge is 0.337 e. The number of ketones is 6. The molecule has 3 aromatic carbocycles. The van der Waals surface area contributed by atoms with E-state index in [4.69, 9.17) is 85.7 Å². The second-order valence-electron chi connectivity index (χ2n) is 37.4. The third kappa shape index (κ3) is 28.0. The van der Waals surface area contributed by atoms with Crippen molar-refractivity contribution < 1.29 is 95.9 Å². The number of aliphatic carboxylic acids is 1. The molecule has 3 saturated carbocycles. The number of aryl methyl sites for hydroxylation is 1. The van der Waals surface area contributed by atoms with Crippen LogP contribution in [0.3, 0.4) is 0 Å². The van der Waals surface area contributed by atoms with Gasteiger partial charge in [-0.15, -0.1) is 0 Å². The first kappa shape index (κ1) is 110. The number of ether oxygens (including phenoxy) is 6. The largest absolute Gasteiger partial charge is 0.504 e. The maximum absolute atomic E-state index is 14.0. The van der Waals surface area contributed by atoms with Crippen molar-refractivity contribution in [2.75, 3.05) is 53.0 Å². The van der Waals surface area contributed by atoms with E-state index in [1.165, 1.54) is 32.3 Å². The maximum atomic E-state index is 14.0. The molecule has 12 aliphatic rings. The second kappa shape index (κ2) is 51.0. The van der Waals surface area contributed by atoms with E-state index in [1.807, 2.05) is 151 Å². The Balaban J connectivity index is 0.000000195. The van der Waals surface area contributed by atoms with Crippen LogP contribution in [0.15, 0.2) is 196 Å². The molecule has 5 fully saturated rings. The van der Waals surface area contributed by atoms with E-state index in [0.29, 0.717) is 119 Å². The maximum Gasteiger partial charge on any atom is 0.337 e. The van der Waals surface area contributed by atoms with Crippen LogP contribution in [0.25, 0.3) is 0 Å². The summed E-state index contributed by atoms with van der Waals surface area (Å²) < 4.78 is 29.6. The Morgan fingerprint density at radius 2 is 1.23 bits per heavy atom. The molecule has 9 aliphatic carbocycles. The lowest BCUT2D eigenvalue weighted by molar-refractivity contribution is -0.142. The first-order valence-electron chi connectivity index (χ1n) is 46.5. The van der Waals surface area contributed by atoms with Crippen molar-refractivity contribution >= 4 is 130 Å². The number of nitrogens with zero attached hydrogens (tertiary/aromatic N) is 4. The summed E-state index contributed by atoms with van der Waals surface area (Å²) in [5, 5.41) is 14.0. The van der Waals surface area contributed by atoms with Crippen LogP contribution in [0, 0.1) is 53.3 Å². The van der Waals surface area contributed by atoms with E-state index < -0.39 is 34.0 Å². The van der Waals surface area contributed by atoms with Crippen molar-refractivity contribution in [2.45, 2.75) is 244 Å². The van der Waals surface area contributed by atoms with Gasteiger partial charge in [0.15, 0.2) is 34.7 Å². The first-order chi connectivity index (χ1) is 64.1. The monoisotopic (exact) mass is 1940 g/mol. The molecule has 12 atom stereocenters. The van der Waals surface area contributed by atoms with Crippen LogP contribution in [0.1, 0.15) is 196 Å². The fourth-order valence-corrected chi connectivity index (χ4v) is 20.9. The molecule has 26 nitrogen and oxygen atoms in total. The molecule has 1 spiro atoms. The number of carboxylic acid groups (broad SMARTS) is 1. The van der Waals surface area contributed by atoms with Gasteiger partial charge in [-0.05, 0) is 191 Å². The summed E-state index contributed by atoms with van der Waals surface area (Å²) in [6.07, 6.45) is 34.2. The van der Waals surface area contributed by atoms with E-state index in [9.17, 15) is 62.3 Å². The third-order valence-electron chi connectivity index (χ3n) is 26.7. The number of Topliss-reactive ketones (excluding diaryl/α,β-unsaturated/α-hetero) is 3. The number of nitrogens with one attached hydrogen (secondary N) is 1. The molecule has 3 heterocycles. The number of esters is 1. The molecule has 15 rings (SSSR count). The summed E-state index contributed by atoms with van der Waals surface area (Å²) in [7, 11) is 6.57. The summed E-state index contributed by atoms with van der Waals surface area (Å²) in [6, 6.07) is 26.1. The standard InChI is InChI=1S/C25H34N2O4.C17H25NO3.C16H22ClNO.C11H8Cl2O3.C11H9ClO3.C11H10O3.C7H13NO2.C7H13NO/c1-6-17-14-26-12-11-25(22(26)13-18(17)19(15-30-4)23(28)31-5)20-9-7-8-10-21(20)27(16(2)3)24(25)29;1-13(2)18(14(3)19)16(12-21-4)17(20)11-10-15-8-6-5-7-9-15;1-12(2)18(3)16(11-7-6-10-15(16)19)13-8-4-5-9-14(13)17;12-7-1-6-2-8(16-5-14)4-10(15)11(6)9(13)3-7;12-8-1-2-10-7(3-8)4-9(15-6-13)5-11(10)14;12-7-14-9-5-8-3-1-2-4-10(8)11(13)6-9;1-5(2)8-7(3-4-7)6(9)10;1-5(2)6(9)7(8)3-4-7/h7-10,15-18,22H,6,11-14H2,1-5H3;5-9,13,16H,10-12H2,1-4H3;4-5,8-9,12H,6-7,10-11H2,1-3H3;1,3-6,11H,2H2;1-3,5-7,10H,4H2;1-4,6-8,10H,5H2;5,8H,3-4H2,1-2H3,(H,9,10);5H,3-4,8H2,1-2H3/b19-15+;;;;;;;/t17-,18-,22-,25+;16-;;;;;;/m01....../s1. The Labute approximate surface area is 814 Å². The highest BCUT2D eigenvalue weighted by atomic mass is 35.5. The van der Waals surface area contributed by atoms with Crippen LogP contribution in [0.2, 0.25) is 5.02 Å². The van der Waals surface area contributed by atoms with Crippen molar-refractivity contribution in [3.05, 3.63) is 218 Å². The highest BCUT2D eigenvalue weighted by molar-refractivity contribution is 6.36. The molecule has 4 N–H and O–H groups in total. The van der Waals surface area contributed by atoms with E-state index in [1.54, 1.807) is 49.7 Å². The SMILES string of the molecule is CC(C)C(=O)C1(N)CC1.CC(C)N(C)C1(c2ccccc2Cl)CCCCC1=O.CC(C)NC1(C(=O)O)CC1.CC[C@H]1CN2CC[C@]3(C(=O)N(C(C)C)c4ccccc43)[C@@H]2C[C@@H]1/C(=C\OC)C(=O)OC.COC[C@H](C(=O)CCc1ccccc1)N(C(C)=O)C(C)C.O=COC1=CC(=O)C2C(Cl)=CC(Cl)=CC2C1.O=COC1=CC(=O)C2C=CC(Cl)=CC2C1.O=COC1=CC(=O)C2C=CC=CC2C1. The van der Waals surface area contributed by atoms with E-state index >= 15 is 0 Å². The Kier molecular flexibility index (Phi) is 41.7. The molecular formula is C105H134Cl4N6O20. The third-order valence-corrected chi connectivity index (χ3v) is 27.9. The molecule has 0 bridgehead atoms. The van der Waals surface area contributed by atoms with Gasteiger partial charge < -0.3 is 49.1 Å². The fourth-order valence-electron chi connectivity index (χ4n) is 19.7. The van der Waals surface area contributed by atoms with Gasteiger partial charge in [0.25, 0.3) is 19.4 Å². The number of anilines is 1. The molecule has 0 aromatic heterocycles. The molecule has 135 heavy (non-hydrogen) atoms. The number of methoxy groups -OCH3 is 3. The molecule has 7 unspecified atom stereocenters. The molecule has 3 aliphatic heterocycles. The van der Waals surface area contributed by atoms with Gasteiger partial charge >= 0.3 is 11.9 Å². The van der Waals surface area contributed by atoms with Crippen molar-refractivity contribution in [3.8, 4) is 0 Å². The number of fused-ring (bicyclic) bond motifs is 7. The molecule has 732 valence electrons. The van der Waals surface area contributed by atoms with E-state index in [0.717, 1.165) is 99.7 Å². The van der Waals surface area contributed by atoms with E-state index in [2.05, 4.69) is 61.9 Å². The van der Waals surface area contributed by atoms with Gasteiger partial charge in [0.1, 0.15) is 34.4 Å². The Hall–Kier alpha value is -9.87. The zero-order chi connectivity index (χ0) is 99.6. The number of hydrogen-bond acceptors (Lipinski definition) is 23. The van der Waals surface area contributed by atoms with Gasteiger partial charge in [0.05, 0.1) is 49.5 Å². The minimum atomic E-state index is -0.707. The van der Waals surface area contributed by atoms with Crippen LogP contribution in [-0.4, -0.2) is 193 Å². The van der Waals surface area contributed by atoms with Crippen molar-refractivity contribution in [3.63, 3.8) is 0 Å². The fraction of sp³-hybridized carbons (Fsp3) is 0.514. The van der Waals surface area contributed by atoms with Gasteiger partial charge in [-0.25, -0.2) is 4.79 Å². The second-order valence-corrected chi connectivity index (χ2v) is 39.1. The van der Waals surface area contributed by atoms with Crippen molar-refractivity contribution in [1.82, 2.24) is 20.0 Å². The zero-order valence-corrected chi connectivity index (χ0v) is 83.4. The number of hydrogen-bond donors (Lipinski definition) is 3. The Morgan fingerprint density at radius 3 is 1.74 bits per heavy atom. The van der Waals surface area contributed by atoms with Gasteiger partial charge in [0, 0.05) is 151 Å². The summed E-state index contributed by atoms with van der Waals surface area (Å²) in [5.41, 5.74) is 8.45. The number of allylic oxidation sites excluding steroid dienone is 18. The normalized spacial score (nSPS) is 25.1. The number of nitrogens with two attached hydrogens (primary N) is 1. The Morgan fingerprint density at radius 1 is 0.659 bits per heavy atom. The summed E-state index contributed by atoms with van der Waals surface area (Å²) in [4.78, 5) is 159. The molecular weight excluding hydrogens is 1810 g/mol. The van der Waals surface area contributed by atoms with Crippen LogP contribution in [0.4, 0.5) is 5.69 Å². The lowest BCUT2D eigenvalue weighted by Gasteiger charge is -2.46. The number of carbonyl (C=O) groups is 13. The van der Waals surface area contributed by atoms with Crippen LogP contribution < -0.4 is 16.0 Å². The van der Waals surface area contributed by atoms with Gasteiger partial charge in [-0.3, -0.25) is 72.7 Å². The topological polar surface area (TPSA) is 349 Å². The zero-order valence-electron chi connectivity index (χ0n) is 80.4. The number of likely N-dealkylation sites (N-methyl/N-ethyl adjacent to an activating group) is 1. The number of benzene rings is 3. The predicted molar refractivity (Wildman–Crippen MR) is 521 cm³/mol. The molecule has 30 heteroatoms. The van der Waals surface area contributed by atoms with Crippen LogP contribution in [-0.2, 0) is 108 Å².